The van der Waals surface area contributed by atoms with E-state index in [4.69, 9.17) is 5.11 Å². The van der Waals surface area contributed by atoms with Gasteiger partial charge in [0, 0.05) is 20.3 Å². The van der Waals surface area contributed by atoms with Gasteiger partial charge in [0.25, 0.3) is 0 Å². The zero-order chi connectivity index (χ0) is 11.7. The lowest BCUT2D eigenvalue weighted by Gasteiger charge is -2.17. The van der Waals surface area contributed by atoms with E-state index in [1.165, 1.54) is 0 Å². The minimum atomic E-state index is -0.864. The number of hydrogen-bond acceptors (Lipinski definition) is 4. The molecule has 0 aliphatic carbocycles. The molecule has 0 atom stereocenters. The number of fused-ring (bicyclic) bond motifs is 1. The minimum absolute atomic E-state index is 0.0476. The van der Waals surface area contributed by atoms with Gasteiger partial charge in [-0.2, -0.15) is 5.10 Å². The number of carboxylic acid groups (broad SMARTS) is 1. The highest BCUT2D eigenvalue weighted by Crippen LogP contribution is 2.23. The van der Waals surface area contributed by atoms with Crippen LogP contribution in [0.3, 0.4) is 0 Å². The van der Waals surface area contributed by atoms with Crippen LogP contribution in [0.2, 0.25) is 0 Å². The molecule has 0 amide bonds. The maximum atomic E-state index is 10.6. The van der Waals surface area contributed by atoms with Crippen LogP contribution < -0.4 is 4.90 Å². The van der Waals surface area contributed by atoms with Crippen LogP contribution in [0.4, 0.5) is 5.69 Å². The minimum Gasteiger partial charge on any atom is -0.480 e. The van der Waals surface area contributed by atoms with Crippen molar-refractivity contribution in [3.63, 3.8) is 0 Å². The van der Waals surface area contributed by atoms with Crippen LogP contribution in [-0.2, 0) is 11.8 Å². The Morgan fingerprint density at radius 2 is 2.38 bits per heavy atom. The van der Waals surface area contributed by atoms with Gasteiger partial charge in [0.05, 0.1) is 17.3 Å². The molecule has 1 N–H and O–H groups in total. The van der Waals surface area contributed by atoms with E-state index in [-0.39, 0.29) is 6.54 Å². The molecule has 6 heteroatoms. The number of aromatic nitrogens is 3. The summed E-state index contributed by atoms with van der Waals surface area (Å²) in [7, 11) is 3.53. The number of carbonyl (C=O) groups is 1. The fraction of sp³-hybridized carbons (Fsp3) is 0.300. The molecule has 84 valence electrons. The van der Waals surface area contributed by atoms with Crippen molar-refractivity contribution in [3.8, 4) is 0 Å². The first kappa shape index (κ1) is 10.4. The van der Waals surface area contributed by atoms with E-state index < -0.39 is 5.97 Å². The molecular formula is C10H12N4O2. The van der Waals surface area contributed by atoms with Crippen LogP contribution in [0.15, 0.2) is 18.5 Å². The number of aliphatic carboxylic acids is 1. The summed E-state index contributed by atoms with van der Waals surface area (Å²) in [5.41, 5.74) is 1.57. The van der Waals surface area contributed by atoms with Crippen LogP contribution in [0.5, 0.6) is 0 Å². The van der Waals surface area contributed by atoms with E-state index in [0.717, 1.165) is 16.7 Å². The van der Waals surface area contributed by atoms with Gasteiger partial charge in [-0.3, -0.25) is 9.48 Å². The molecule has 2 aromatic rings. The highest BCUT2D eigenvalue weighted by molar-refractivity contribution is 5.90. The van der Waals surface area contributed by atoms with Crippen molar-refractivity contribution in [2.45, 2.75) is 0 Å². The highest BCUT2D eigenvalue weighted by Gasteiger charge is 2.11. The van der Waals surface area contributed by atoms with E-state index in [9.17, 15) is 4.79 Å². The third-order valence-electron chi connectivity index (χ3n) is 2.40. The number of likely N-dealkylation sites (N-methyl/N-ethyl adjacent to an activating group) is 1. The van der Waals surface area contributed by atoms with Crippen LogP contribution in [0, 0.1) is 0 Å². The molecule has 0 radical (unpaired) electrons. The molecule has 0 aliphatic rings. The van der Waals surface area contributed by atoms with Gasteiger partial charge in [-0.25, -0.2) is 4.98 Å². The standard InChI is InChI=1S/C10H12N4O2/c1-13(6-9(15)16)8-3-4-11-10-7(8)5-12-14(10)2/h3-5H,6H2,1-2H3,(H,15,16). The molecule has 0 unspecified atom stereocenters. The second-order valence-electron chi connectivity index (χ2n) is 3.59. The van der Waals surface area contributed by atoms with Crippen molar-refractivity contribution in [1.82, 2.24) is 14.8 Å². The first-order chi connectivity index (χ1) is 7.59. The molecule has 6 nitrogen and oxygen atoms in total. The third kappa shape index (κ3) is 1.69. The lowest BCUT2D eigenvalue weighted by Crippen LogP contribution is -2.25. The zero-order valence-electron chi connectivity index (χ0n) is 9.08. The maximum absolute atomic E-state index is 10.6. The topological polar surface area (TPSA) is 71.2 Å². The largest absolute Gasteiger partial charge is 0.480 e. The van der Waals surface area contributed by atoms with Crippen molar-refractivity contribution >= 4 is 22.7 Å². The third-order valence-corrected chi connectivity index (χ3v) is 2.40. The summed E-state index contributed by atoms with van der Waals surface area (Å²) >= 11 is 0. The van der Waals surface area contributed by atoms with Crippen LogP contribution in [0.25, 0.3) is 11.0 Å². The lowest BCUT2D eigenvalue weighted by molar-refractivity contribution is -0.135. The Morgan fingerprint density at radius 1 is 1.62 bits per heavy atom. The summed E-state index contributed by atoms with van der Waals surface area (Å²) in [6, 6.07) is 1.78. The molecule has 2 aromatic heterocycles. The molecule has 0 spiro atoms. The van der Waals surface area contributed by atoms with Gasteiger partial charge in [0.1, 0.15) is 6.54 Å². The summed E-state index contributed by atoms with van der Waals surface area (Å²) < 4.78 is 1.66. The quantitative estimate of drug-likeness (QED) is 0.815. The molecule has 0 bridgehead atoms. The van der Waals surface area contributed by atoms with E-state index in [2.05, 4.69) is 10.1 Å². The number of hydrogen-bond donors (Lipinski definition) is 1. The summed E-state index contributed by atoms with van der Waals surface area (Å²) in [4.78, 5) is 16.5. The summed E-state index contributed by atoms with van der Waals surface area (Å²) in [5.74, 6) is -0.864. The molecule has 0 aliphatic heterocycles. The van der Waals surface area contributed by atoms with Crippen LogP contribution in [-0.4, -0.2) is 39.4 Å². The van der Waals surface area contributed by atoms with Crippen molar-refractivity contribution in [2.75, 3.05) is 18.5 Å². The van der Waals surface area contributed by atoms with Crippen LogP contribution in [0.1, 0.15) is 0 Å². The van der Waals surface area contributed by atoms with Gasteiger partial charge >= 0.3 is 5.97 Å². The predicted octanol–water partition coefficient (Wildman–Crippen LogP) is 0.489. The predicted molar refractivity (Wildman–Crippen MR) is 59.4 cm³/mol. The number of aryl methyl sites for hydroxylation is 1. The number of rotatable bonds is 3. The summed E-state index contributed by atoms with van der Waals surface area (Å²) in [6.45, 7) is -0.0476. The zero-order valence-corrected chi connectivity index (χ0v) is 9.08. The SMILES string of the molecule is CN(CC(=O)O)c1ccnc2c1cnn2C. The molecule has 0 fully saturated rings. The number of pyridine rings is 1. The van der Waals surface area contributed by atoms with Gasteiger partial charge in [0.15, 0.2) is 5.65 Å². The Hall–Kier alpha value is -2.11. The van der Waals surface area contributed by atoms with Gasteiger partial charge in [0.2, 0.25) is 0 Å². The van der Waals surface area contributed by atoms with Gasteiger partial charge in [-0.05, 0) is 6.07 Å². The number of carboxylic acids is 1. The number of nitrogens with zero attached hydrogens (tertiary/aromatic N) is 4. The Kier molecular flexibility index (Phi) is 2.47. The maximum Gasteiger partial charge on any atom is 0.323 e. The van der Waals surface area contributed by atoms with Crippen LogP contribution >= 0.6 is 0 Å². The van der Waals surface area contributed by atoms with E-state index in [1.807, 2.05) is 0 Å². The first-order valence-corrected chi connectivity index (χ1v) is 4.79. The van der Waals surface area contributed by atoms with Gasteiger partial charge in [-0.15, -0.1) is 0 Å². The van der Waals surface area contributed by atoms with Crippen molar-refractivity contribution in [3.05, 3.63) is 18.5 Å². The summed E-state index contributed by atoms with van der Waals surface area (Å²) in [5, 5.41) is 13.7. The van der Waals surface area contributed by atoms with Gasteiger partial charge < -0.3 is 10.0 Å². The second-order valence-corrected chi connectivity index (χ2v) is 3.59. The molecule has 2 rings (SSSR count). The first-order valence-electron chi connectivity index (χ1n) is 4.79. The Labute approximate surface area is 92.1 Å². The van der Waals surface area contributed by atoms with E-state index >= 15 is 0 Å². The molecule has 0 saturated heterocycles. The monoisotopic (exact) mass is 220 g/mol. The molecule has 0 aromatic carbocycles. The summed E-state index contributed by atoms with van der Waals surface area (Å²) in [6.07, 6.45) is 3.34. The van der Waals surface area contributed by atoms with E-state index in [0.29, 0.717) is 0 Å². The average Bonchev–Trinajstić information content (AvgIpc) is 2.59. The Morgan fingerprint density at radius 3 is 3.06 bits per heavy atom. The number of anilines is 1. The Balaban J connectivity index is 2.48. The van der Waals surface area contributed by atoms with Crippen molar-refractivity contribution < 1.29 is 9.90 Å². The molecule has 2 heterocycles. The van der Waals surface area contributed by atoms with E-state index in [1.54, 1.807) is 42.1 Å². The smallest absolute Gasteiger partial charge is 0.323 e. The van der Waals surface area contributed by atoms with Crippen molar-refractivity contribution in [1.29, 1.82) is 0 Å². The normalized spacial score (nSPS) is 10.6. The second kappa shape index (κ2) is 3.80. The Bertz CT molecular complexity index is 535. The van der Waals surface area contributed by atoms with Gasteiger partial charge in [-0.1, -0.05) is 0 Å². The molecular weight excluding hydrogens is 208 g/mol. The highest BCUT2D eigenvalue weighted by atomic mass is 16.4. The fourth-order valence-corrected chi connectivity index (χ4v) is 1.65. The fourth-order valence-electron chi connectivity index (χ4n) is 1.65. The van der Waals surface area contributed by atoms with Crippen molar-refractivity contribution in [2.24, 2.45) is 7.05 Å². The average molecular weight is 220 g/mol. The molecule has 0 saturated carbocycles. The lowest BCUT2D eigenvalue weighted by atomic mass is 10.2. The molecule has 16 heavy (non-hydrogen) atoms.